The Hall–Kier alpha value is -0.130. The summed E-state index contributed by atoms with van der Waals surface area (Å²) in [6.07, 6.45) is 0. The van der Waals surface area contributed by atoms with Gasteiger partial charge in [-0.05, 0) is 41.6 Å². The van der Waals surface area contributed by atoms with Gasteiger partial charge >= 0.3 is 0 Å². The molecule has 0 heterocycles. The van der Waals surface area contributed by atoms with Crippen LogP contribution in [0.1, 0.15) is 17.3 Å². The van der Waals surface area contributed by atoms with Crippen molar-refractivity contribution in [2.24, 2.45) is 5.73 Å². The molecule has 0 aromatic heterocycles. The third-order valence-electron chi connectivity index (χ3n) is 1.54. The van der Waals surface area contributed by atoms with E-state index in [0.29, 0.717) is 5.56 Å². The number of halogens is 2. The van der Waals surface area contributed by atoms with E-state index in [4.69, 9.17) is 5.73 Å². The molecule has 0 saturated carbocycles. The molecule has 2 nitrogen and oxygen atoms in total. The largest absolute Gasteiger partial charge is 0.321 e. The molecule has 2 N–H and O–H groups in total. The molecule has 13 heavy (non-hydrogen) atoms. The van der Waals surface area contributed by atoms with Crippen molar-refractivity contribution in [1.29, 1.82) is 0 Å². The first-order chi connectivity index (χ1) is 5.61. The second kappa shape index (κ2) is 5.57. The second-order valence-corrected chi connectivity index (χ2v) is 3.91. The van der Waals surface area contributed by atoms with Crippen LogP contribution < -0.4 is 5.73 Å². The summed E-state index contributed by atoms with van der Waals surface area (Å²) < 4.78 is 1.12. The third kappa shape index (κ3) is 3.62. The van der Waals surface area contributed by atoms with E-state index in [2.05, 4.69) is 22.6 Å². The molecule has 0 saturated heterocycles. The highest BCUT2D eigenvalue weighted by Gasteiger charge is 2.09. The van der Waals surface area contributed by atoms with Crippen LogP contribution >= 0.6 is 35.0 Å². The van der Waals surface area contributed by atoms with Crippen LogP contribution in [0.3, 0.4) is 0 Å². The maximum atomic E-state index is 11.3. The van der Waals surface area contributed by atoms with Crippen molar-refractivity contribution in [2.45, 2.75) is 13.0 Å². The van der Waals surface area contributed by atoms with Crippen molar-refractivity contribution in [3.63, 3.8) is 0 Å². The predicted octanol–water partition coefficient (Wildman–Crippen LogP) is 2.24. The van der Waals surface area contributed by atoms with Gasteiger partial charge in [0.1, 0.15) is 0 Å². The minimum absolute atomic E-state index is 0. The van der Waals surface area contributed by atoms with Crippen molar-refractivity contribution in [3.05, 3.63) is 33.4 Å². The molecular formula is C9H11ClINO. The Kier molecular flexibility index (Phi) is 5.51. The molecule has 0 amide bonds. The average molecular weight is 312 g/mol. The maximum Gasteiger partial charge on any atom is 0.179 e. The lowest BCUT2D eigenvalue weighted by Crippen LogP contribution is -2.26. The molecule has 0 radical (unpaired) electrons. The molecule has 0 fully saturated rings. The Morgan fingerprint density at radius 3 is 2.23 bits per heavy atom. The van der Waals surface area contributed by atoms with Gasteiger partial charge in [-0.2, -0.15) is 0 Å². The van der Waals surface area contributed by atoms with Crippen LogP contribution in [0, 0.1) is 3.57 Å². The van der Waals surface area contributed by atoms with Crippen LogP contribution in [0.5, 0.6) is 0 Å². The quantitative estimate of drug-likeness (QED) is 0.672. The molecule has 72 valence electrons. The summed E-state index contributed by atoms with van der Waals surface area (Å²) in [5.41, 5.74) is 6.14. The molecule has 1 atom stereocenters. The molecule has 0 aliphatic rings. The Balaban J connectivity index is 0.00000144. The van der Waals surface area contributed by atoms with E-state index in [1.165, 1.54) is 0 Å². The first-order valence-electron chi connectivity index (χ1n) is 3.66. The minimum Gasteiger partial charge on any atom is -0.321 e. The first-order valence-corrected chi connectivity index (χ1v) is 4.74. The lowest BCUT2D eigenvalue weighted by atomic mass is 10.1. The average Bonchev–Trinajstić information content (AvgIpc) is 2.04. The SMILES string of the molecule is CC(N)C(=O)c1ccc(I)cc1.Cl. The summed E-state index contributed by atoms with van der Waals surface area (Å²) in [5, 5.41) is 0. The van der Waals surface area contributed by atoms with Crippen molar-refractivity contribution < 1.29 is 4.79 Å². The highest BCUT2D eigenvalue weighted by Crippen LogP contribution is 2.08. The zero-order valence-electron chi connectivity index (χ0n) is 7.16. The Morgan fingerprint density at radius 1 is 1.38 bits per heavy atom. The number of nitrogens with two attached hydrogens (primary N) is 1. The van der Waals surface area contributed by atoms with Gasteiger partial charge in [0.15, 0.2) is 5.78 Å². The molecule has 1 aromatic rings. The van der Waals surface area contributed by atoms with Gasteiger partial charge in [-0.15, -0.1) is 12.4 Å². The summed E-state index contributed by atoms with van der Waals surface area (Å²) in [6.45, 7) is 1.69. The van der Waals surface area contributed by atoms with Crippen LogP contribution in [0.15, 0.2) is 24.3 Å². The fourth-order valence-electron chi connectivity index (χ4n) is 0.877. The van der Waals surface area contributed by atoms with Gasteiger partial charge in [-0.1, -0.05) is 12.1 Å². The van der Waals surface area contributed by atoms with Gasteiger partial charge in [0.2, 0.25) is 0 Å². The molecular weight excluding hydrogens is 300 g/mol. The van der Waals surface area contributed by atoms with Crippen LogP contribution in [0.2, 0.25) is 0 Å². The predicted molar refractivity (Wildman–Crippen MR) is 64.4 cm³/mol. The van der Waals surface area contributed by atoms with Gasteiger partial charge in [0, 0.05) is 9.13 Å². The zero-order valence-corrected chi connectivity index (χ0v) is 10.1. The van der Waals surface area contributed by atoms with Crippen molar-refractivity contribution in [1.82, 2.24) is 0 Å². The van der Waals surface area contributed by atoms with Crippen molar-refractivity contribution >= 4 is 40.8 Å². The molecule has 0 bridgehead atoms. The third-order valence-corrected chi connectivity index (χ3v) is 2.26. The normalized spacial score (nSPS) is 11.6. The number of carbonyl (C=O) groups excluding carboxylic acids is 1. The lowest BCUT2D eigenvalue weighted by Gasteiger charge is -2.03. The number of Topliss-reactive ketones (excluding diaryl/α,β-unsaturated/α-hetero) is 1. The highest BCUT2D eigenvalue weighted by atomic mass is 127. The molecule has 0 spiro atoms. The number of benzene rings is 1. The van der Waals surface area contributed by atoms with E-state index in [-0.39, 0.29) is 18.2 Å². The van der Waals surface area contributed by atoms with E-state index in [9.17, 15) is 4.79 Å². The highest BCUT2D eigenvalue weighted by molar-refractivity contribution is 14.1. The summed E-state index contributed by atoms with van der Waals surface area (Å²) in [5.74, 6) is -0.00796. The van der Waals surface area contributed by atoms with Crippen LogP contribution in [0.4, 0.5) is 0 Å². The maximum absolute atomic E-state index is 11.3. The van der Waals surface area contributed by atoms with Gasteiger partial charge in [-0.3, -0.25) is 4.79 Å². The topological polar surface area (TPSA) is 43.1 Å². The molecule has 0 aliphatic heterocycles. The smallest absolute Gasteiger partial charge is 0.179 e. The standard InChI is InChI=1S/C9H10INO.ClH/c1-6(11)9(12)7-2-4-8(10)5-3-7;/h2-6H,11H2,1H3;1H. The van der Waals surface area contributed by atoms with E-state index in [0.717, 1.165) is 3.57 Å². The number of ketones is 1. The van der Waals surface area contributed by atoms with E-state index in [1.54, 1.807) is 19.1 Å². The molecule has 1 aromatic carbocycles. The molecule has 4 heteroatoms. The van der Waals surface area contributed by atoms with E-state index >= 15 is 0 Å². The summed E-state index contributed by atoms with van der Waals surface area (Å²) in [6, 6.07) is 6.98. The molecule has 0 aliphatic carbocycles. The fraction of sp³-hybridized carbons (Fsp3) is 0.222. The van der Waals surface area contributed by atoms with Gasteiger partial charge in [-0.25, -0.2) is 0 Å². The van der Waals surface area contributed by atoms with Crippen molar-refractivity contribution in [3.8, 4) is 0 Å². The summed E-state index contributed by atoms with van der Waals surface area (Å²) >= 11 is 2.19. The Labute approximate surface area is 97.4 Å². The summed E-state index contributed by atoms with van der Waals surface area (Å²) in [4.78, 5) is 11.3. The Bertz CT molecular complexity index is 284. The van der Waals surface area contributed by atoms with E-state index in [1.807, 2.05) is 12.1 Å². The lowest BCUT2D eigenvalue weighted by molar-refractivity contribution is 0.0968. The summed E-state index contributed by atoms with van der Waals surface area (Å²) in [7, 11) is 0. The first kappa shape index (κ1) is 12.9. The van der Waals surface area contributed by atoms with Gasteiger partial charge < -0.3 is 5.73 Å². The monoisotopic (exact) mass is 311 g/mol. The number of hydrogen-bond acceptors (Lipinski definition) is 2. The minimum atomic E-state index is -0.412. The van der Waals surface area contributed by atoms with Crippen LogP contribution in [0.25, 0.3) is 0 Å². The molecule has 1 unspecified atom stereocenters. The fourth-order valence-corrected chi connectivity index (χ4v) is 1.24. The van der Waals surface area contributed by atoms with Gasteiger partial charge in [0.25, 0.3) is 0 Å². The van der Waals surface area contributed by atoms with E-state index < -0.39 is 6.04 Å². The van der Waals surface area contributed by atoms with Crippen LogP contribution in [-0.2, 0) is 0 Å². The number of carbonyl (C=O) groups is 1. The second-order valence-electron chi connectivity index (χ2n) is 2.66. The zero-order chi connectivity index (χ0) is 9.14. The number of rotatable bonds is 2. The van der Waals surface area contributed by atoms with Crippen LogP contribution in [-0.4, -0.2) is 11.8 Å². The number of hydrogen-bond donors (Lipinski definition) is 1. The Morgan fingerprint density at radius 2 is 1.85 bits per heavy atom. The molecule has 1 rings (SSSR count). The van der Waals surface area contributed by atoms with Crippen molar-refractivity contribution in [2.75, 3.05) is 0 Å². The van der Waals surface area contributed by atoms with Gasteiger partial charge in [0.05, 0.1) is 6.04 Å².